The largest absolute Gasteiger partial charge is 0.329 e. The van der Waals surface area contributed by atoms with Crippen LogP contribution in [0.5, 0.6) is 0 Å². The Hall–Kier alpha value is -0.480. The van der Waals surface area contributed by atoms with Gasteiger partial charge in [-0.05, 0) is 24.4 Å². The lowest BCUT2D eigenvalue weighted by molar-refractivity contribution is 0.252. The van der Waals surface area contributed by atoms with E-state index in [1.807, 2.05) is 0 Å². The third-order valence-electron chi connectivity index (χ3n) is 2.52. The van der Waals surface area contributed by atoms with Gasteiger partial charge in [0.1, 0.15) is 11.3 Å². The van der Waals surface area contributed by atoms with Crippen LogP contribution in [0.2, 0.25) is 0 Å². The Labute approximate surface area is 69.8 Å². The molecule has 11 heavy (non-hydrogen) atoms. The smallest absolute Gasteiger partial charge is 0.129 e. The topological polar surface area (TPSA) is 51.8 Å². The Morgan fingerprint density at radius 3 is 2.82 bits per heavy atom. The summed E-state index contributed by atoms with van der Waals surface area (Å²) >= 11 is 1.49. The molecule has 2 rings (SSSR count). The molecule has 1 aromatic rings. The lowest BCUT2D eigenvalue weighted by Gasteiger charge is -2.38. The maximum atomic E-state index is 5.70. The summed E-state index contributed by atoms with van der Waals surface area (Å²) in [6.07, 6.45) is 5.30. The minimum Gasteiger partial charge on any atom is -0.329 e. The molecule has 1 aliphatic rings. The molecule has 0 amide bonds. The third-order valence-corrected chi connectivity index (χ3v) is 3.43. The number of nitrogens with two attached hydrogens (primary N) is 1. The van der Waals surface area contributed by atoms with Crippen molar-refractivity contribution in [3.8, 4) is 0 Å². The summed E-state index contributed by atoms with van der Waals surface area (Å²) in [5.41, 5.74) is 5.91. The molecule has 2 N–H and O–H groups in total. The number of rotatable bonds is 2. The van der Waals surface area contributed by atoms with Gasteiger partial charge in [-0.3, -0.25) is 0 Å². The van der Waals surface area contributed by atoms with Gasteiger partial charge in [0.05, 0.1) is 0 Å². The maximum Gasteiger partial charge on any atom is 0.129 e. The van der Waals surface area contributed by atoms with E-state index in [-0.39, 0.29) is 5.41 Å². The average molecular weight is 169 g/mol. The molecule has 1 aliphatic carbocycles. The van der Waals surface area contributed by atoms with Crippen molar-refractivity contribution < 1.29 is 0 Å². The van der Waals surface area contributed by atoms with Crippen molar-refractivity contribution >= 4 is 11.5 Å². The van der Waals surface area contributed by atoms with Crippen LogP contribution in [0.15, 0.2) is 6.33 Å². The first-order valence-corrected chi connectivity index (χ1v) is 4.62. The van der Waals surface area contributed by atoms with Gasteiger partial charge in [0, 0.05) is 12.0 Å². The summed E-state index contributed by atoms with van der Waals surface area (Å²) in [5.74, 6) is 0. The lowest BCUT2D eigenvalue weighted by atomic mass is 9.69. The Balaban J connectivity index is 2.25. The molecule has 0 aromatic carbocycles. The zero-order valence-corrected chi connectivity index (χ0v) is 7.10. The molecular formula is C7H11N3S. The molecule has 0 atom stereocenters. The summed E-state index contributed by atoms with van der Waals surface area (Å²) in [5, 5.41) is 1.13. The minimum atomic E-state index is 0.209. The Bertz CT molecular complexity index is 222. The fourth-order valence-electron chi connectivity index (χ4n) is 1.52. The fraction of sp³-hybridized carbons (Fsp3) is 0.714. The highest BCUT2D eigenvalue weighted by Crippen LogP contribution is 2.42. The van der Waals surface area contributed by atoms with Crippen molar-refractivity contribution in [1.82, 2.24) is 9.36 Å². The van der Waals surface area contributed by atoms with Crippen LogP contribution < -0.4 is 5.73 Å². The predicted octanol–water partition coefficient (Wildman–Crippen LogP) is 0.919. The quantitative estimate of drug-likeness (QED) is 0.716. The third kappa shape index (κ3) is 0.973. The Morgan fingerprint density at radius 1 is 1.64 bits per heavy atom. The number of nitrogens with zero attached hydrogens (tertiary/aromatic N) is 2. The first-order valence-electron chi connectivity index (χ1n) is 3.85. The van der Waals surface area contributed by atoms with E-state index in [0.717, 1.165) is 11.6 Å². The van der Waals surface area contributed by atoms with Gasteiger partial charge >= 0.3 is 0 Å². The molecule has 0 unspecified atom stereocenters. The van der Waals surface area contributed by atoms with Crippen LogP contribution in [-0.2, 0) is 5.41 Å². The van der Waals surface area contributed by atoms with Gasteiger partial charge in [0.25, 0.3) is 0 Å². The van der Waals surface area contributed by atoms with Crippen LogP contribution in [0.1, 0.15) is 24.3 Å². The van der Waals surface area contributed by atoms with Crippen LogP contribution in [0.4, 0.5) is 0 Å². The molecule has 0 aliphatic heterocycles. The molecule has 3 nitrogen and oxygen atoms in total. The highest BCUT2D eigenvalue weighted by Gasteiger charge is 2.39. The second-order valence-electron chi connectivity index (χ2n) is 3.08. The molecule has 1 fully saturated rings. The number of aromatic nitrogens is 2. The molecule has 0 bridgehead atoms. The molecule has 1 aromatic heterocycles. The number of hydrogen-bond donors (Lipinski definition) is 1. The SMILES string of the molecule is NCC1(c2ncns2)CCC1. The van der Waals surface area contributed by atoms with Gasteiger partial charge in [0.2, 0.25) is 0 Å². The molecule has 0 spiro atoms. The van der Waals surface area contributed by atoms with Crippen LogP contribution in [0.3, 0.4) is 0 Å². The molecule has 1 heterocycles. The first kappa shape index (κ1) is 7.18. The van der Waals surface area contributed by atoms with Crippen molar-refractivity contribution in [3.05, 3.63) is 11.3 Å². The van der Waals surface area contributed by atoms with Crippen molar-refractivity contribution in [2.75, 3.05) is 6.54 Å². The van der Waals surface area contributed by atoms with Gasteiger partial charge < -0.3 is 5.73 Å². The minimum absolute atomic E-state index is 0.209. The normalized spacial score (nSPS) is 21.2. The summed E-state index contributed by atoms with van der Waals surface area (Å²) in [7, 11) is 0. The summed E-state index contributed by atoms with van der Waals surface area (Å²) in [6, 6.07) is 0. The molecular weight excluding hydrogens is 158 g/mol. The first-order chi connectivity index (χ1) is 5.37. The summed E-state index contributed by atoms with van der Waals surface area (Å²) in [4.78, 5) is 4.21. The monoisotopic (exact) mass is 169 g/mol. The zero-order valence-electron chi connectivity index (χ0n) is 6.29. The van der Waals surface area contributed by atoms with Gasteiger partial charge in [-0.25, -0.2) is 4.98 Å². The van der Waals surface area contributed by atoms with E-state index in [9.17, 15) is 0 Å². The second kappa shape index (κ2) is 2.53. The summed E-state index contributed by atoms with van der Waals surface area (Å²) < 4.78 is 3.99. The van der Waals surface area contributed by atoms with Crippen molar-refractivity contribution in [2.24, 2.45) is 5.73 Å². The molecule has 4 heteroatoms. The van der Waals surface area contributed by atoms with Crippen LogP contribution in [-0.4, -0.2) is 15.9 Å². The number of hydrogen-bond acceptors (Lipinski definition) is 4. The Morgan fingerprint density at radius 2 is 2.45 bits per heavy atom. The predicted molar refractivity (Wildman–Crippen MR) is 44.5 cm³/mol. The molecule has 60 valence electrons. The van der Waals surface area contributed by atoms with E-state index < -0.39 is 0 Å². The van der Waals surface area contributed by atoms with Crippen molar-refractivity contribution in [3.63, 3.8) is 0 Å². The summed E-state index contributed by atoms with van der Waals surface area (Å²) in [6.45, 7) is 0.724. The van der Waals surface area contributed by atoms with Crippen molar-refractivity contribution in [1.29, 1.82) is 0 Å². The fourth-order valence-corrected chi connectivity index (χ4v) is 2.29. The van der Waals surface area contributed by atoms with Gasteiger partial charge in [0.15, 0.2) is 0 Å². The molecule has 0 radical (unpaired) electrons. The highest BCUT2D eigenvalue weighted by atomic mass is 32.1. The highest BCUT2D eigenvalue weighted by molar-refractivity contribution is 7.05. The van der Waals surface area contributed by atoms with E-state index in [4.69, 9.17) is 5.73 Å². The lowest BCUT2D eigenvalue weighted by Crippen LogP contribution is -2.41. The van der Waals surface area contributed by atoms with Crippen LogP contribution >= 0.6 is 11.5 Å². The van der Waals surface area contributed by atoms with E-state index in [0.29, 0.717) is 0 Å². The van der Waals surface area contributed by atoms with Crippen molar-refractivity contribution in [2.45, 2.75) is 24.7 Å². The maximum absolute atomic E-state index is 5.70. The van der Waals surface area contributed by atoms with Gasteiger partial charge in [-0.1, -0.05) is 6.42 Å². The second-order valence-corrected chi connectivity index (χ2v) is 3.86. The van der Waals surface area contributed by atoms with E-state index in [2.05, 4.69) is 9.36 Å². The van der Waals surface area contributed by atoms with Crippen LogP contribution in [0.25, 0.3) is 0 Å². The Kier molecular flexibility index (Phi) is 1.65. The van der Waals surface area contributed by atoms with E-state index >= 15 is 0 Å². The zero-order chi connectivity index (χ0) is 7.73. The molecule has 0 saturated heterocycles. The van der Waals surface area contributed by atoms with Gasteiger partial charge in [-0.2, -0.15) is 4.37 Å². The molecule has 1 saturated carbocycles. The van der Waals surface area contributed by atoms with Crippen LogP contribution in [0, 0.1) is 0 Å². The van der Waals surface area contributed by atoms with E-state index in [1.165, 1.54) is 30.8 Å². The standard InChI is InChI=1S/C7H11N3S/c8-4-7(2-1-3-7)6-9-5-10-11-6/h5H,1-4,8H2. The van der Waals surface area contributed by atoms with Gasteiger partial charge in [-0.15, -0.1) is 0 Å². The van der Waals surface area contributed by atoms with E-state index in [1.54, 1.807) is 6.33 Å². The average Bonchev–Trinajstić information content (AvgIpc) is 2.39.